The lowest BCUT2D eigenvalue weighted by atomic mass is 10.1. The zero-order chi connectivity index (χ0) is 21.6. The summed E-state index contributed by atoms with van der Waals surface area (Å²) in [5.74, 6) is 0.956. The number of nitrogens with zero attached hydrogens (tertiary/aromatic N) is 1. The topological polar surface area (TPSA) is 94.2 Å². The first kappa shape index (κ1) is 22.4. The van der Waals surface area contributed by atoms with Gasteiger partial charge in [0.25, 0.3) is 0 Å². The third kappa shape index (κ3) is 5.54. The van der Waals surface area contributed by atoms with Crippen molar-refractivity contribution in [3.8, 4) is 17.2 Å². The molecule has 0 fully saturated rings. The van der Waals surface area contributed by atoms with Crippen molar-refractivity contribution >= 4 is 21.6 Å². The molecule has 1 N–H and O–H groups in total. The van der Waals surface area contributed by atoms with E-state index in [4.69, 9.17) is 14.2 Å². The van der Waals surface area contributed by atoms with E-state index in [0.717, 1.165) is 16.1 Å². The number of hydrogen-bond donors (Lipinski definition) is 1. The molecule has 0 aromatic heterocycles. The summed E-state index contributed by atoms with van der Waals surface area (Å²) in [5.41, 5.74) is 1.03. The van der Waals surface area contributed by atoms with Crippen LogP contribution in [-0.4, -0.2) is 48.5 Å². The number of hydrogen-bond acceptors (Lipinski definition) is 6. The van der Waals surface area contributed by atoms with Crippen LogP contribution in [0.25, 0.3) is 0 Å². The highest BCUT2D eigenvalue weighted by Gasteiger charge is 2.25. The lowest BCUT2D eigenvalue weighted by Crippen LogP contribution is -2.41. The summed E-state index contributed by atoms with van der Waals surface area (Å²) in [6.07, 6.45) is 1.04. The number of nitrogens with one attached hydrogen (secondary N) is 1. The van der Waals surface area contributed by atoms with Crippen LogP contribution in [0.4, 0.5) is 5.69 Å². The molecule has 0 radical (unpaired) electrons. The number of amides is 1. The number of carbonyl (C=O) groups excluding carboxylic acids is 1. The minimum absolute atomic E-state index is 0.246. The van der Waals surface area contributed by atoms with Gasteiger partial charge in [0.1, 0.15) is 23.8 Å². The van der Waals surface area contributed by atoms with Crippen LogP contribution in [0.1, 0.15) is 18.5 Å². The van der Waals surface area contributed by atoms with Crippen LogP contribution in [0.15, 0.2) is 42.5 Å². The van der Waals surface area contributed by atoms with Crippen LogP contribution in [0.3, 0.4) is 0 Å². The van der Waals surface area contributed by atoms with Crippen LogP contribution < -0.4 is 23.8 Å². The van der Waals surface area contributed by atoms with Crippen LogP contribution in [0, 0.1) is 0 Å². The normalized spacial score (nSPS) is 12.0. The van der Waals surface area contributed by atoms with Crippen molar-refractivity contribution in [2.45, 2.75) is 13.0 Å². The first-order valence-electron chi connectivity index (χ1n) is 8.83. The van der Waals surface area contributed by atoms with E-state index in [-0.39, 0.29) is 17.5 Å². The molecular weight excluding hydrogens is 396 g/mol. The summed E-state index contributed by atoms with van der Waals surface area (Å²) in [7, 11) is 0.714. The molecule has 0 saturated carbocycles. The maximum Gasteiger partial charge on any atom is 0.241 e. The van der Waals surface area contributed by atoms with E-state index >= 15 is 0 Å². The second-order valence-electron chi connectivity index (χ2n) is 6.34. The summed E-state index contributed by atoms with van der Waals surface area (Å²) in [5, 5.41) is 2.81. The Kier molecular flexibility index (Phi) is 7.33. The highest BCUT2D eigenvalue weighted by atomic mass is 32.2. The van der Waals surface area contributed by atoms with Crippen molar-refractivity contribution in [1.82, 2.24) is 5.32 Å². The zero-order valence-electron chi connectivity index (χ0n) is 17.1. The van der Waals surface area contributed by atoms with Crippen LogP contribution in [0.2, 0.25) is 0 Å². The van der Waals surface area contributed by atoms with Gasteiger partial charge in [0.15, 0.2) is 0 Å². The molecule has 1 atom stereocenters. The molecule has 29 heavy (non-hydrogen) atoms. The third-order valence-corrected chi connectivity index (χ3v) is 5.45. The quantitative estimate of drug-likeness (QED) is 0.667. The van der Waals surface area contributed by atoms with Crippen molar-refractivity contribution in [2.75, 3.05) is 38.4 Å². The minimum Gasteiger partial charge on any atom is -0.497 e. The molecule has 0 spiro atoms. The Morgan fingerprint density at radius 1 is 1.03 bits per heavy atom. The summed E-state index contributed by atoms with van der Waals surface area (Å²) in [4.78, 5) is 12.7. The van der Waals surface area contributed by atoms with Gasteiger partial charge in [-0.25, -0.2) is 8.42 Å². The Hall–Kier alpha value is -2.94. The van der Waals surface area contributed by atoms with E-state index in [2.05, 4.69) is 5.32 Å². The van der Waals surface area contributed by atoms with Crippen LogP contribution in [0.5, 0.6) is 17.2 Å². The molecule has 0 saturated heterocycles. The fraction of sp³-hybridized carbons (Fsp3) is 0.350. The number of rotatable bonds is 9. The standard InChI is InChI=1S/C20H26N2O6S/c1-14(16-8-6-7-9-18(16)27-3)21-20(23)13-22(29(5,24)25)17-11-10-15(26-2)12-19(17)28-4/h6-12,14H,13H2,1-5H3,(H,21,23). The summed E-state index contributed by atoms with van der Waals surface area (Å²) >= 11 is 0. The molecule has 0 bridgehead atoms. The lowest BCUT2D eigenvalue weighted by Gasteiger charge is -2.25. The molecule has 9 heteroatoms. The smallest absolute Gasteiger partial charge is 0.241 e. The van der Waals surface area contributed by atoms with E-state index in [1.54, 1.807) is 32.2 Å². The summed E-state index contributed by atoms with van der Waals surface area (Å²) < 4.78 is 41.5. The molecule has 2 aromatic carbocycles. The Labute approximate surface area is 171 Å². The molecule has 0 aliphatic rings. The van der Waals surface area contributed by atoms with Gasteiger partial charge >= 0.3 is 0 Å². The van der Waals surface area contributed by atoms with Crippen LogP contribution in [-0.2, 0) is 14.8 Å². The highest BCUT2D eigenvalue weighted by molar-refractivity contribution is 7.92. The van der Waals surface area contributed by atoms with Gasteiger partial charge in [-0.3, -0.25) is 9.10 Å². The molecule has 0 aliphatic carbocycles. The summed E-state index contributed by atoms with van der Waals surface area (Å²) in [6.45, 7) is 1.40. The minimum atomic E-state index is -3.75. The molecule has 0 heterocycles. The number of anilines is 1. The predicted octanol–water partition coefficient (Wildman–Crippen LogP) is 2.36. The SMILES string of the molecule is COc1ccc(N(CC(=O)NC(C)c2ccccc2OC)S(C)(=O)=O)c(OC)c1. The number of carbonyl (C=O) groups is 1. The first-order chi connectivity index (χ1) is 13.7. The maximum absolute atomic E-state index is 12.7. The molecule has 158 valence electrons. The molecule has 0 aliphatic heterocycles. The monoisotopic (exact) mass is 422 g/mol. The van der Waals surface area contributed by atoms with E-state index in [0.29, 0.717) is 11.5 Å². The van der Waals surface area contributed by atoms with Crippen molar-refractivity contribution in [1.29, 1.82) is 0 Å². The van der Waals surface area contributed by atoms with Crippen LogP contribution >= 0.6 is 0 Å². The summed E-state index contributed by atoms with van der Waals surface area (Å²) in [6, 6.07) is 11.6. The second-order valence-corrected chi connectivity index (χ2v) is 8.25. The van der Waals surface area contributed by atoms with E-state index in [1.165, 1.54) is 20.3 Å². The second kappa shape index (κ2) is 9.51. The molecular formula is C20H26N2O6S. The van der Waals surface area contributed by atoms with E-state index in [1.807, 2.05) is 18.2 Å². The number of methoxy groups -OCH3 is 3. The lowest BCUT2D eigenvalue weighted by molar-refractivity contribution is -0.120. The number of benzene rings is 2. The zero-order valence-corrected chi connectivity index (χ0v) is 17.9. The van der Waals surface area contributed by atoms with Gasteiger partial charge in [0.2, 0.25) is 15.9 Å². The molecule has 8 nitrogen and oxygen atoms in total. The van der Waals surface area contributed by atoms with E-state index in [9.17, 15) is 13.2 Å². The number of ether oxygens (including phenoxy) is 3. The first-order valence-corrected chi connectivity index (χ1v) is 10.7. The maximum atomic E-state index is 12.7. The van der Waals surface area contributed by atoms with Crippen molar-refractivity contribution in [3.63, 3.8) is 0 Å². The van der Waals surface area contributed by atoms with Gasteiger partial charge in [0.05, 0.1) is 39.3 Å². The fourth-order valence-electron chi connectivity index (χ4n) is 2.89. The highest BCUT2D eigenvalue weighted by Crippen LogP contribution is 2.33. The molecule has 2 rings (SSSR count). The Morgan fingerprint density at radius 3 is 2.28 bits per heavy atom. The van der Waals surface area contributed by atoms with Crippen molar-refractivity contribution < 1.29 is 27.4 Å². The Morgan fingerprint density at radius 2 is 1.69 bits per heavy atom. The largest absolute Gasteiger partial charge is 0.497 e. The average molecular weight is 423 g/mol. The number of para-hydroxylation sites is 1. The third-order valence-electron chi connectivity index (χ3n) is 4.33. The Balaban J connectivity index is 2.26. The van der Waals surface area contributed by atoms with Gasteiger partial charge in [0, 0.05) is 11.6 Å². The van der Waals surface area contributed by atoms with Crippen molar-refractivity contribution in [2.24, 2.45) is 0 Å². The molecule has 2 aromatic rings. The van der Waals surface area contributed by atoms with Gasteiger partial charge < -0.3 is 19.5 Å². The predicted molar refractivity (Wildman–Crippen MR) is 111 cm³/mol. The molecule has 1 amide bonds. The Bertz CT molecular complexity index is 961. The average Bonchev–Trinajstić information content (AvgIpc) is 2.70. The fourth-order valence-corrected chi connectivity index (χ4v) is 3.75. The van der Waals surface area contributed by atoms with Gasteiger partial charge in [-0.15, -0.1) is 0 Å². The van der Waals surface area contributed by atoms with Gasteiger partial charge in [-0.05, 0) is 25.1 Å². The van der Waals surface area contributed by atoms with Gasteiger partial charge in [-0.2, -0.15) is 0 Å². The van der Waals surface area contributed by atoms with Gasteiger partial charge in [-0.1, -0.05) is 18.2 Å². The van der Waals surface area contributed by atoms with Crippen molar-refractivity contribution in [3.05, 3.63) is 48.0 Å². The van der Waals surface area contributed by atoms with E-state index < -0.39 is 22.5 Å². The molecule has 1 unspecified atom stereocenters. The number of sulfonamides is 1.